The van der Waals surface area contributed by atoms with Crippen molar-refractivity contribution < 1.29 is 13.9 Å². The van der Waals surface area contributed by atoms with Crippen molar-refractivity contribution >= 4 is 6.29 Å². The molecule has 0 spiro atoms. The van der Waals surface area contributed by atoms with Crippen LogP contribution in [-0.2, 0) is 0 Å². The second kappa shape index (κ2) is 3.96. The number of benzene rings is 1. The van der Waals surface area contributed by atoms with Gasteiger partial charge in [-0.1, -0.05) is 0 Å². The summed E-state index contributed by atoms with van der Waals surface area (Å²) in [4.78, 5) is 14.4. The lowest BCUT2D eigenvalue weighted by Crippen LogP contribution is -1.83. The number of hydrogen-bond donors (Lipinski definition) is 0. The van der Waals surface area contributed by atoms with Crippen LogP contribution in [0.25, 0.3) is 11.3 Å². The van der Waals surface area contributed by atoms with Gasteiger partial charge in [-0.15, -0.1) is 0 Å². The Labute approximate surface area is 86.5 Å². The van der Waals surface area contributed by atoms with E-state index in [2.05, 4.69) is 4.98 Å². The Morgan fingerprint density at radius 1 is 1.33 bits per heavy atom. The predicted molar refractivity (Wildman–Crippen MR) is 53.9 cm³/mol. The molecule has 0 N–H and O–H groups in total. The first-order valence-electron chi connectivity index (χ1n) is 4.38. The summed E-state index contributed by atoms with van der Waals surface area (Å²) in [6.07, 6.45) is 2.03. The van der Waals surface area contributed by atoms with Crippen molar-refractivity contribution in [1.29, 1.82) is 0 Å². The highest BCUT2D eigenvalue weighted by molar-refractivity contribution is 5.70. The summed E-state index contributed by atoms with van der Waals surface area (Å²) in [5.74, 6) is 0.860. The summed E-state index contributed by atoms with van der Waals surface area (Å²) in [5.41, 5.74) is 1.52. The zero-order valence-corrected chi connectivity index (χ0v) is 8.14. The van der Waals surface area contributed by atoms with Gasteiger partial charge in [0.15, 0.2) is 0 Å². The van der Waals surface area contributed by atoms with Crippen molar-refractivity contribution in [1.82, 2.24) is 4.98 Å². The van der Waals surface area contributed by atoms with Crippen molar-refractivity contribution in [2.24, 2.45) is 0 Å². The van der Waals surface area contributed by atoms with Crippen molar-refractivity contribution in [2.75, 3.05) is 7.11 Å². The van der Waals surface area contributed by atoms with E-state index in [1.54, 1.807) is 7.11 Å². The Bertz CT molecular complexity index is 459. The number of aldehydes is 1. The second-order valence-corrected chi connectivity index (χ2v) is 2.92. The molecule has 0 amide bonds. The fourth-order valence-electron chi connectivity index (χ4n) is 1.24. The Morgan fingerprint density at radius 2 is 2.07 bits per heavy atom. The average Bonchev–Trinajstić information content (AvgIpc) is 2.78. The molecule has 0 bridgehead atoms. The van der Waals surface area contributed by atoms with Crippen LogP contribution in [0.4, 0.5) is 0 Å². The number of carbonyl (C=O) groups is 1. The second-order valence-electron chi connectivity index (χ2n) is 2.92. The maximum atomic E-state index is 10.4. The minimum atomic E-state index is 0.0841. The molecule has 0 aliphatic heterocycles. The third kappa shape index (κ3) is 1.88. The Kier molecular flexibility index (Phi) is 2.49. The summed E-state index contributed by atoms with van der Waals surface area (Å²) < 4.78 is 9.95. The third-order valence-corrected chi connectivity index (χ3v) is 2.01. The van der Waals surface area contributed by atoms with Gasteiger partial charge < -0.3 is 9.15 Å². The first kappa shape index (κ1) is 9.45. The average molecular weight is 203 g/mol. The van der Waals surface area contributed by atoms with Gasteiger partial charge >= 0.3 is 0 Å². The van der Waals surface area contributed by atoms with E-state index in [1.807, 2.05) is 24.3 Å². The zero-order valence-electron chi connectivity index (χ0n) is 8.14. The van der Waals surface area contributed by atoms with Crippen molar-refractivity contribution in [3.63, 3.8) is 0 Å². The maximum Gasteiger partial charge on any atom is 0.260 e. The minimum absolute atomic E-state index is 0.0841. The summed E-state index contributed by atoms with van der Waals surface area (Å²) in [5, 5.41) is 0. The maximum absolute atomic E-state index is 10.4. The third-order valence-electron chi connectivity index (χ3n) is 2.01. The van der Waals surface area contributed by atoms with E-state index in [1.165, 1.54) is 6.26 Å². The van der Waals surface area contributed by atoms with Gasteiger partial charge in [-0.05, 0) is 24.3 Å². The number of aromatic nitrogens is 1. The van der Waals surface area contributed by atoms with Crippen LogP contribution < -0.4 is 4.74 Å². The smallest absolute Gasteiger partial charge is 0.260 e. The molecule has 4 heteroatoms. The fraction of sp³-hybridized carbons (Fsp3) is 0.0909. The van der Waals surface area contributed by atoms with Crippen LogP contribution in [-0.4, -0.2) is 18.4 Å². The molecule has 0 aliphatic carbocycles. The number of methoxy groups -OCH3 is 1. The van der Waals surface area contributed by atoms with Crippen molar-refractivity contribution in [3.05, 3.63) is 36.4 Å². The standard InChI is InChI=1S/C11H9NO3/c1-14-9-4-2-8(3-5-9)10-7-15-11(6-13)12-10/h2-7H,1H3. The van der Waals surface area contributed by atoms with Gasteiger partial charge in [0.1, 0.15) is 17.7 Å². The van der Waals surface area contributed by atoms with E-state index >= 15 is 0 Å². The van der Waals surface area contributed by atoms with Crippen molar-refractivity contribution in [2.45, 2.75) is 0 Å². The van der Waals surface area contributed by atoms with Gasteiger partial charge in [-0.2, -0.15) is 0 Å². The normalized spacial score (nSPS) is 9.93. The lowest BCUT2D eigenvalue weighted by atomic mass is 10.2. The largest absolute Gasteiger partial charge is 0.497 e. The molecule has 0 unspecified atom stereocenters. The molecular weight excluding hydrogens is 194 g/mol. The van der Waals surface area contributed by atoms with Crippen LogP contribution in [0.1, 0.15) is 10.7 Å². The Balaban J connectivity index is 2.32. The quantitative estimate of drug-likeness (QED) is 0.717. The number of hydrogen-bond acceptors (Lipinski definition) is 4. The fourth-order valence-corrected chi connectivity index (χ4v) is 1.24. The molecule has 1 aromatic carbocycles. The molecule has 76 valence electrons. The van der Waals surface area contributed by atoms with Crippen LogP contribution in [0.5, 0.6) is 5.75 Å². The molecule has 0 saturated heterocycles. The van der Waals surface area contributed by atoms with Crippen LogP contribution in [0.2, 0.25) is 0 Å². The molecule has 0 saturated carbocycles. The molecule has 0 fully saturated rings. The molecule has 2 rings (SSSR count). The van der Waals surface area contributed by atoms with E-state index in [0.29, 0.717) is 12.0 Å². The minimum Gasteiger partial charge on any atom is -0.497 e. The number of oxazole rings is 1. The number of ether oxygens (including phenoxy) is 1. The topological polar surface area (TPSA) is 52.3 Å². The first-order chi connectivity index (χ1) is 7.33. The molecule has 0 radical (unpaired) electrons. The summed E-state index contributed by atoms with van der Waals surface area (Å²) in [6.45, 7) is 0. The molecular formula is C11H9NO3. The number of rotatable bonds is 3. The molecule has 4 nitrogen and oxygen atoms in total. The van der Waals surface area contributed by atoms with Gasteiger partial charge in [-0.25, -0.2) is 4.98 Å². The van der Waals surface area contributed by atoms with Gasteiger partial charge in [0.05, 0.1) is 7.11 Å². The van der Waals surface area contributed by atoms with Crippen LogP contribution in [0.15, 0.2) is 34.9 Å². The highest BCUT2D eigenvalue weighted by atomic mass is 16.5. The molecule has 1 aromatic heterocycles. The van der Waals surface area contributed by atoms with E-state index in [-0.39, 0.29) is 5.89 Å². The van der Waals surface area contributed by atoms with Gasteiger partial charge in [0.25, 0.3) is 5.89 Å². The number of nitrogens with zero attached hydrogens (tertiary/aromatic N) is 1. The Hall–Kier alpha value is -2.10. The lowest BCUT2D eigenvalue weighted by molar-refractivity contribution is 0.109. The summed E-state index contributed by atoms with van der Waals surface area (Å²) in [7, 11) is 1.61. The van der Waals surface area contributed by atoms with E-state index in [0.717, 1.165) is 11.3 Å². The van der Waals surface area contributed by atoms with Gasteiger partial charge in [0.2, 0.25) is 6.29 Å². The molecule has 0 aliphatic rings. The summed E-state index contributed by atoms with van der Waals surface area (Å²) >= 11 is 0. The molecule has 2 aromatic rings. The van der Waals surface area contributed by atoms with E-state index < -0.39 is 0 Å². The zero-order chi connectivity index (χ0) is 10.7. The molecule has 0 atom stereocenters. The lowest BCUT2D eigenvalue weighted by Gasteiger charge is -1.99. The highest BCUT2D eigenvalue weighted by Gasteiger charge is 2.04. The van der Waals surface area contributed by atoms with Gasteiger partial charge in [0, 0.05) is 5.56 Å². The van der Waals surface area contributed by atoms with Crippen LogP contribution in [0.3, 0.4) is 0 Å². The first-order valence-corrected chi connectivity index (χ1v) is 4.38. The van der Waals surface area contributed by atoms with Gasteiger partial charge in [-0.3, -0.25) is 4.79 Å². The van der Waals surface area contributed by atoms with E-state index in [4.69, 9.17) is 9.15 Å². The molecule has 1 heterocycles. The predicted octanol–water partition coefficient (Wildman–Crippen LogP) is 2.16. The van der Waals surface area contributed by atoms with Crippen LogP contribution in [0, 0.1) is 0 Å². The van der Waals surface area contributed by atoms with E-state index in [9.17, 15) is 4.79 Å². The SMILES string of the molecule is COc1ccc(-c2coc(C=O)n2)cc1. The van der Waals surface area contributed by atoms with Crippen molar-refractivity contribution in [3.8, 4) is 17.0 Å². The number of carbonyl (C=O) groups excluding carboxylic acids is 1. The highest BCUT2D eigenvalue weighted by Crippen LogP contribution is 2.21. The van der Waals surface area contributed by atoms with Crippen LogP contribution >= 0.6 is 0 Å². The summed E-state index contributed by atoms with van der Waals surface area (Å²) in [6, 6.07) is 7.35. The Morgan fingerprint density at radius 3 is 2.60 bits per heavy atom. The molecule has 15 heavy (non-hydrogen) atoms. The monoisotopic (exact) mass is 203 g/mol.